The van der Waals surface area contributed by atoms with E-state index >= 15 is 0 Å². The standard InChI is InChI=1S/C22H25N3O2/c26-21(19-8-4-14-23-19)24-18-12-10-17(11-13-18)22(27)25-15-5-9-20(25)16-6-2-1-3-7-16/h1-3,6-7,10-13,19-20,23H,4-5,8-9,14-15H2,(H,24,26). The molecule has 2 unspecified atom stereocenters. The highest BCUT2D eigenvalue weighted by atomic mass is 16.2. The number of hydrogen-bond donors (Lipinski definition) is 2. The van der Waals surface area contributed by atoms with Crippen molar-refractivity contribution in [2.24, 2.45) is 0 Å². The van der Waals surface area contributed by atoms with E-state index < -0.39 is 0 Å². The summed E-state index contributed by atoms with van der Waals surface area (Å²) in [7, 11) is 0. The molecule has 0 saturated carbocycles. The summed E-state index contributed by atoms with van der Waals surface area (Å²) in [5.74, 6) is 0.0481. The van der Waals surface area contributed by atoms with Crippen molar-refractivity contribution >= 4 is 17.5 Å². The van der Waals surface area contributed by atoms with E-state index in [9.17, 15) is 9.59 Å². The van der Waals surface area contributed by atoms with Crippen LogP contribution in [0.3, 0.4) is 0 Å². The second-order valence-electron chi connectivity index (χ2n) is 7.28. The quantitative estimate of drug-likeness (QED) is 0.876. The van der Waals surface area contributed by atoms with Crippen LogP contribution in [0.2, 0.25) is 0 Å². The molecule has 2 aliphatic rings. The Kier molecular flexibility index (Phi) is 5.21. The first-order valence-electron chi connectivity index (χ1n) is 9.72. The maximum absolute atomic E-state index is 13.0. The zero-order valence-corrected chi connectivity index (χ0v) is 15.4. The SMILES string of the molecule is O=C(Nc1ccc(C(=O)N2CCCC2c2ccccc2)cc1)C1CCCN1. The summed E-state index contributed by atoms with van der Waals surface area (Å²) in [5.41, 5.74) is 2.58. The molecule has 2 heterocycles. The van der Waals surface area contributed by atoms with Gasteiger partial charge < -0.3 is 15.5 Å². The summed E-state index contributed by atoms with van der Waals surface area (Å²) in [6.45, 7) is 1.67. The highest BCUT2D eigenvalue weighted by Gasteiger charge is 2.30. The van der Waals surface area contributed by atoms with E-state index in [1.165, 1.54) is 5.56 Å². The third-order valence-electron chi connectivity index (χ3n) is 5.47. The monoisotopic (exact) mass is 363 g/mol. The van der Waals surface area contributed by atoms with E-state index in [0.29, 0.717) is 5.56 Å². The van der Waals surface area contributed by atoms with Gasteiger partial charge in [0.2, 0.25) is 5.91 Å². The average Bonchev–Trinajstić information content (AvgIpc) is 3.41. The van der Waals surface area contributed by atoms with E-state index in [1.54, 1.807) is 12.1 Å². The molecule has 0 radical (unpaired) electrons. The maximum atomic E-state index is 13.0. The highest BCUT2D eigenvalue weighted by molar-refractivity contribution is 5.97. The average molecular weight is 363 g/mol. The fraction of sp³-hybridized carbons (Fsp3) is 0.364. The lowest BCUT2D eigenvalue weighted by Gasteiger charge is -2.25. The number of amides is 2. The lowest BCUT2D eigenvalue weighted by Crippen LogP contribution is -2.35. The highest BCUT2D eigenvalue weighted by Crippen LogP contribution is 2.33. The maximum Gasteiger partial charge on any atom is 0.254 e. The predicted molar refractivity (Wildman–Crippen MR) is 106 cm³/mol. The number of benzene rings is 2. The number of carbonyl (C=O) groups is 2. The van der Waals surface area contributed by atoms with E-state index in [0.717, 1.165) is 44.5 Å². The Balaban J connectivity index is 1.43. The minimum atomic E-state index is -0.109. The molecule has 140 valence electrons. The molecule has 2 aliphatic heterocycles. The van der Waals surface area contributed by atoms with Gasteiger partial charge in [0.1, 0.15) is 0 Å². The van der Waals surface area contributed by atoms with Gasteiger partial charge in [-0.2, -0.15) is 0 Å². The summed E-state index contributed by atoms with van der Waals surface area (Å²) in [4.78, 5) is 27.2. The van der Waals surface area contributed by atoms with Crippen LogP contribution in [0.15, 0.2) is 54.6 Å². The van der Waals surface area contributed by atoms with Crippen molar-refractivity contribution in [2.45, 2.75) is 37.8 Å². The Bertz CT molecular complexity index is 798. The van der Waals surface area contributed by atoms with Crippen LogP contribution in [0.1, 0.15) is 47.6 Å². The third kappa shape index (κ3) is 3.88. The van der Waals surface area contributed by atoms with E-state index in [-0.39, 0.29) is 23.9 Å². The van der Waals surface area contributed by atoms with Crippen LogP contribution >= 0.6 is 0 Å². The molecule has 2 N–H and O–H groups in total. The van der Waals surface area contributed by atoms with Crippen molar-refractivity contribution in [3.63, 3.8) is 0 Å². The Morgan fingerprint density at radius 1 is 0.963 bits per heavy atom. The zero-order valence-electron chi connectivity index (χ0n) is 15.4. The summed E-state index contributed by atoms with van der Waals surface area (Å²) in [6, 6.07) is 17.5. The van der Waals surface area contributed by atoms with Gasteiger partial charge in [0.15, 0.2) is 0 Å². The number of carbonyl (C=O) groups excluding carboxylic acids is 2. The molecule has 5 heteroatoms. The number of anilines is 1. The number of likely N-dealkylation sites (tertiary alicyclic amines) is 1. The fourth-order valence-corrected chi connectivity index (χ4v) is 4.03. The Morgan fingerprint density at radius 3 is 2.44 bits per heavy atom. The van der Waals surface area contributed by atoms with Crippen LogP contribution < -0.4 is 10.6 Å². The predicted octanol–water partition coefficient (Wildman–Crippen LogP) is 3.35. The van der Waals surface area contributed by atoms with E-state index in [4.69, 9.17) is 0 Å². The first kappa shape index (κ1) is 17.7. The molecular formula is C22H25N3O2. The molecular weight excluding hydrogens is 338 g/mol. The number of rotatable bonds is 4. The van der Waals surface area contributed by atoms with Crippen molar-refractivity contribution in [3.05, 3.63) is 65.7 Å². The molecule has 0 spiro atoms. The topological polar surface area (TPSA) is 61.4 Å². The van der Waals surface area contributed by atoms with E-state index in [1.807, 2.05) is 35.2 Å². The van der Waals surface area contributed by atoms with Crippen LogP contribution in [0.5, 0.6) is 0 Å². The summed E-state index contributed by atoms with van der Waals surface area (Å²) >= 11 is 0. The van der Waals surface area contributed by atoms with Gasteiger partial charge >= 0.3 is 0 Å². The van der Waals surface area contributed by atoms with Crippen molar-refractivity contribution in [1.29, 1.82) is 0 Å². The first-order valence-corrected chi connectivity index (χ1v) is 9.72. The molecule has 2 aromatic rings. The molecule has 2 saturated heterocycles. The lowest BCUT2D eigenvalue weighted by molar-refractivity contribution is -0.117. The third-order valence-corrected chi connectivity index (χ3v) is 5.47. The van der Waals surface area contributed by atoms with E-state index in [2.05, 4.69) is 22.8 Å². The smallest absolute Gasteiger partial charge is 0.254 e. The van der Waals surface area contributed by atoms with Gasteiger partial charge in [0, 0.05) is 17.8 Å². The molecule has 0 aromatic heterocycles. The molecule has 0 bridgehead atoms. The van der Waals surface area contributed by atoms with Crippen LogP contribution in [0.4, 0.5) is 5.69 Å². The Hall–Kier alpha value is -2.66. The summed E-state index contributed by atoms with van der Waals surface area (Å²) in [6.07, 6.45) is 3.92. The van der Waals surface area contributed by atoms with Gasteiger partial charge in [-0.3, -0.25) is 9.59 Å². The van der Waals surface area contributed by atoms with Crippen molar-refractivity contribution in [1.82, 2.24) is 10.2 Å². The van der Waals surface area contributed by atoms with Crippen LogP contribution in [-0.4, -0.2) is 35.8 Å². The van der Waals surface area contributed by atoms with Crippen molar-refractivity contribution in [3.8, 4) is 0 Å². The van der Waals surface area contributed by atoms with Crippen LogP contribution in [-0.2, 0) is 4.79 Å². The second-order valence-corrected chi connectivity index (χ2v) is 7.28. The molecule has 27 heavy (non-hydrogen) atoms. The van der Waals surface area contributed by atoms with Gasteiger partial charge in [0.05, 0.1) is 12.1 Å². The number of nitrogens with zero attached hydrogens (tertiary/aromatic N) is 1. The minimum Gasteiger partial charge on any atom is -0.332 e. The van der Waals surface area contributed by atoms with Gasteiger partial charge in [-0.25, -0.2) is 0 Å². The Labute approximate surface area is 159 Å². The largest absolute Gasteiger partial charge is 0.332 e. The van der Waals surface area contributed by atoms with Gasteiger partial charge in [-0.1, -0.05) is 30.3 Å². The summed E-state index contributed by atoms with van der Waals surface area (Å²) < 4.78 is 0. The Morgan fingerprint density at radius 2 is 1.74 bits per heavy atom. The molecule has 4 rings (SSSR count). The molecule has 2 amide bonds. The van der Waals surface area contributed by atoms with Gasteiger partial charge in [-0.15, -0.1) is 0 Å². The summed E-state index contributed by atoms with van der Waals surface area (Å²) in [5, 5.41) is 6.12. The van der Waals surface area contributed by atoms with Crippen molar-refractivity contribution in [2.75, 3.05) is 18.4 Å². The molecule has 5 nitrogen and oxygen atoms in total. The zero-order chi connectivity index (χ0) is 18.6. The van der Waals surface area contributed by atoms with Crippen molar-refractivity contribution < 1.29 is 9.59 Å². The molecule has 2 atom stereocenters. The molecule has 2 aromatic carbocycles. The van der Waals surface area contributed by atoms with Crippen LogP contribution in [0, 0.1) is 0 Å². The number of hydrogen-bond acceptors (Lipinski definition) is 3. The number of nitrogens with one attached hydrogen (secondary N) is 2. The minimum absolute atomic E-state index is 0.00439. The molecule has 0 aliphatic carbocycles. The normalized spacial score (nSPS) is 22.0. The van der Waals surface area contributed by atoms with Gasteiger partial charge in [-0.05, 0) is 62.1 Å². The fourth-order valence-electron chi connectivity index (χ4n) is 4.03. The van der Waals surface area contributed by atoms with Crippen LogP contribution in [0.25, 0.3) is 0 Å². The lowest BCUT2D eigenvalue weighted by atomic mass is 10.0. The first-order chi connectivity index (χ1) is 13.2. The molecule has 2 fully saturated rings. The second kappa shape index (κ2) is 7.92. The van der Waals surface area contributed by atoms with Gasteiger partial charge in [0.25, 0.3) is 5.91 Å².